The zero-order valence-corrected chi connectivity index (χ0v) is 13.7. The van der Waals surface area contributed by atoms with Crippen LogP contribution >= 0.6 is 0 Å². The van der Waals surface area contributed by atoms with Gasteiger partial charge in [0.2, 0.25) is 12.7 Å². The van der Waals surface area contributed by atoms with Gasteiger partial charge in [0.25, 0.3) is 0 Å². The lowest BCUT2D eigenvalue weighted by Crippen LogP contribution is -2.25. The molecule has 3 rings (SSSR count). The van der Waals surface area contributed by atoms with Crippen LogP contribution in [-0.4, -0.2) is 35.9 Å². The fourth-order valence-corrected chi connectivity index (χ4v) is 2.46. The summed E-state index contributed by atoms with van der Waals surface area (Å²) in [5.41, 5.74) is 1.23. The number of anilines is 1. The van der Waals surface area contributed by atoms with Crippen LogP contribution in [0, 0.1) is 0 Å². The smallest absolute Gasteiger partial charge is 0.357 e. The van der Waals surface area contributed by atoms with Gasteiger partial charge >= 0.3 is 5.97 Å². The molecular weight excluding hydrogens is 310 g/mol. The number of nitrogens with zero attached hydrogens (tertiary/aromatic N) is 3. The summed E-state index contributed by atoms with van der Waals surface area (Å²) in [6.07, 6.45) is 1.56. The lowest BCUT2D eigenvalue weighted by atomic mass is 10.1. The molecule has 1 aromatic heterocycles. The van der Waals surface area contributed by atoms with Gasteiger partial charge in [-0.25, -0.2) is 14.8 Å². The van der Waals surface area contributed by atoms with Gasteiger partial charge in [-0.15, -0.1) is 0 Å². The monoisotopic (exact) mass is 329 g/mol. The van der Waals surface area contributed by atoms with Crippen molar-refractivity contribution in [1.82, 2.24) is 9.97 Å². The zero-order chi connectivity index (χ0) is 16.9. The van der Waals surface area contributed by atoms with E-state index in [0.717, 1.165) is 17.1 Å². The molecule has 1 aliphatic rings. The van der Waals surface area contributed by atoms with Crippen LogP contribution in [0.1, 0.15) is 29.9 Å². The Morgan fingerprint density at radius 1 is 1.29 bits per heavy atom. The summed E-state index contributed by atoms with van der Waals surface area (Å²) in [5, 5.41) is 0. The molecule has 0 saturated carbocycles. The molecule has 2 aromatic rings. The minimum Gasteiger partial charge on any atom is -0.461 e. The highest BCUT2D eigenvalue weighted by molar-refractivity contribution is 5.87. The molecule has 0 spiro atoms. The van der Waals surface area contributed by atoms with E-state index in [1.807, 2.05) is 30.0 Å². The maximum absolute atomic E-state index is 11.9. The molecule has 0 radical (unpaired) electrons. The van der Waals surface area contributed by atoms with E-state index in [1.54, 1.807) is 19.2 Å². The number of hydrogen-bond acceptors (Lipinski definition) is 7. The first-order chi connectivity index (χ1) is 11.7. The van der Waals surface area contributed by atoms with Crippen molar-refractivity contribution in [3.8, 4) is 11.5 Å². The summed E-state index contributed by atoms with van der Waals surface area (Å²) >= 11 is 0. The Labute approximate surface area is 140 Å². The number of esters is 1. The van der Waals surface area contributed by atoms with E-state index in [2.05, 4.69) is 9.97 Å². The predicted molar refractivity (Wildman–Crippen MR) is 87.3 cm³/mol. The molecule has 1 aliphatic heterocycles. The molecule has 0 N–H and O–H groups in total. The topological polar surface area (TPSA) is 73.8 Å². The Morgan fingerprint density at radius 3 is 2.96 bits per heavy atom. The van der Waals surface area contributed by atoms with Gasteiger partial charge in [-0.05, 0) is 26.0 Å². The zero-order valence-electron chi connectivity index (χ0n) is 13.7. The van der Waals surface area contributed by atoms with Crippen LogP contribution in [0.3, 0.4) is 0 Å². The van der Waals surface area contributed by atoms with Gasteiger partial charge in [0.15, 0.2) is 17.2 Å². The second-order valence-electron chi connectivity index (χ2n) is 5.13. The molecule has 0 saturated heterocycles. The first kappa shape index (κ1) is 16.0. The second kappa shape index (κ2) is 7.16. The Kier molecular flexibility index (Phi) is 4.79. The Hall–Kier alpha value is -2.83. The van der Waals surface area contributed by atoms with E-state index in [-0.39, 0.29) is 12.5 Å². The lowest BCUT2D eigenvalue weighted by molar-refractivity contribution is 0.0519. The lowest BCUT2D eigenvalue weighted by Gasteiger charge is -2.21. The van der Waals surface area contributed by atoms with Gasteiger partial charge in [0, 0.05) is 24.8 Å². The molecular formula is C17H19N3O4. The van der Waals surface area contributed by atoms with Crippen LogP contribution in [0.15, 0.2) is 30.5 Å². The van der Waals surface area contributed by atoms with E-state index in [4.69, 9.17) is 14.2 Å². The minimum atomic E-state index is -0.450. The van der Waals surface area contributed by atoms with Crippen molar-refractivity contribution in [2.75, 3.05) is 24.8 Å². The minimum absolute atomic E-state index is 0.229. The third-order valence-corrected chi connectivity index (χ3v) is 3.63. The van der Waals surface area contributed by atoms with Crippen molar-refractivity contribution < 1.29 is 19.0 Å². The van der Waals surface area contributed by atoms with Crippen LogP contribution in [0.2, 0.25) is 0 Å². The molecule has 0 unspecified atom stereocenters. The first-order valence-corrected chi connectivity index (χ1v) is 7.85. The van der Waals surface area contributed by atoms with Crippen molar-refractivity contribution in [1.29, 1.82) is 0 Å². The number of para-hydroxylation sites is 1. The molecule has 0 bridgehead atoms. The maximum Gasteiger partial charge on any atom is 0.357 e. The quantitative estimate of drug-likeness (QED) is 0.753. The SMILES string of the molecule is CCOC(=O)c1ccnc(N(CC)Cc2cccc3c2OCO3)n1. The largest absolute Gasteiger partial charge is 0.461 e. The molecule has 0 aliphatic carbocycles. The van der Waals surface area contributed by atoms with Crippen molar-refractivity contribution in [3.63, 3.8) is 0 Å². The van der Waals surface area contributed by atoms with Crippen LogP contribution < -0.4 is 14.4 Å². The summed E-state index contributed by atoms with van der Waals surface area (Å²) in [6.45, 7) is 5.53. The molecule has 0 atom stereocenters. The Balaban J connectivity index is 1.83. The normalized spacial score (nSPS) is 12.1. The number of aromatic nitrogens is 2. The summed E-state index contributed by atoms with van der Waals surface area (Å²) in [6, 6.07) is 7.32. The van der Waals surface area contributed by atoms with E-state index in [1.165, 1.54) is 0 Å². The molecule has 7 heteroatoms. The van der Waals surface area contributed by atoms with Crippen LogP contribution in [0.25, 0.3) is 0 Å². The van der Waals surface area contributed by atoms with Gasteiger partial charge in [-0.2, -0.15) is 0 Å². The molecule has 126 valence electrons. The third kappa shape index (κ3) is 3.24. The number of rotatable bonds is 6. The van der Waals surface area contributed by atoms with Crippen molar-refractivity contribution in [3.05, 3.63) is 41.7 Å². The van der Waals surface area contributed by atoms with Crippen LogP contribution in [0.5, 0.6) is 11.5 Å². The molecule has 2 heterocycles. The van der Waals surface area contributed by atoms with Crippen LogP contribution in [0.4, 0.5) is 5.95 Å². The molecule has 24 heavy (non-hydrogen) atoms. The summed E-state index contributed by atoms with van der Waals surface area (Å²) in [4.78, 5) is 22.4. The summed E-state index contributed by atoms with van der Waals surface area (Å²) < 4.78 is 15.9. The van der Waals surface area contributed by atoms with E-state index in [0.29, 0.717) is 25.6 Å². The van der Waals surface area contributed by atoms with Gasteiger partial charge < -0.3 is 19.1 Å². The predicted octanol–water partition coefficient (Wildman–Crippen LogP) is 2.41. The molecule has 0 fully saturated rings. The highest BCUT2D eigenvalue weighted by Crippen LogP contribution is 2.36. The fraction of sp³-hybridized carbons (Fsp3) is 0.353. The summed E-state index contributed by atoms with van der Waals surface area (Å²) in [5.74, 6) is 1.51. The Bertz CT molecular complexity index is 736. The third-order valence-electron chi connectivity index (χ3n) is 3.63. The Morgan fingerprint density at radius 2 is 2.17 bits per heavy atom. The number of fused-ring (bicyclic) bond motifs is 1. The van der Waals surface area contributed by atoms with Gasteiger partial charge in [0.1, 0.15) is 0 Å². The van der Waals surface area contributed by atoms with Gasteiger partial charge in [0.05, 0.1) is 6.61 Å². The van der Waals surface area contributed by atoms with E-state index < -0.39 is 5.97 Å². The van der Waals surface area contributed by atoms with E-state index >= 15 is 0 Å². The fourth-order valence-electron chi connectivity index (χ4n) is 2.46. The first-order valence-electron chi connectivity index (χ1n) is 7.85. The van der Waals surface area contributed by atoms with Crippen molar-refractivity contribution in [2.45, 2.75) is 20.4 Å². The van der Waals surface area contributed by atoms with E-state index in [9.17, 15) is 4.79 Å². The standard InChI is InChI=1S/C17H19N3O4/c1-3-20(10-12-6-5-7-14-15(12)24-11-23-14)17-18-9-8-13(19-17)16(21)22-4-2/h5-9H,3-4,10-11H2,1-2H3. The summed E-state index contributed by atoms with van der Waals surface area (Å²) in [7, 11) is 0. The highest BCUT2D eigenvalue weighted by atomic mass is 16.7. The van der Waals surface area contributed by atoms with Gasteiger partial charge in [-0.1, -0.05) is 12.1 Å². The molecule has 1 aromatic carbocycles. The number of hydrogen-bond donors (Lipinski definition) is 0. The van der Waals surface area contributed by atoms with Crippen molar-refractivity contribution in [2.24, 2.45) is 0 Å². The van der Waals surface area contributed by atoms with Gasteiger partial charge in [-0.3, -0.25) is 0 Å². The molecule has 7 nitrogen and oxygen atoms in total. The number of benzene rings is 1. The highest BCUT2D eigenvalue weighted by Gasteiger charge is 2.20. The number of ether oxygens (including phenoxy) is 3. The van der Waals surface area contributed by atoms with Crippen LogP contribution in [-0.2, 0) is 11.3 Å². The van der Waals surface area contributed by atoms with Crippen molar-refractivity contribution >= 4 is 11.9 Å². The second-order valence-corrected chi connectivity index (χ2v) is 5.13. The maximum atomic E-state index is 11.9. The molecule has 0 amide bonds. The average molecular weight is 329 g/mol. The average Bonchev–Trinajstić information content (AvgIpc) is 3.09. The number of carbonyl (C=O) groups is 1. The number of carbonyl (C=O) groups excluding carboxylic acids is 1.